The van der Waals surface area contributed by atoms with E-state index in [1.165, 1.54) is 0 Å². The van der Waals surface area contributed by atoms with Gasteiger partial charge in [0, 0.05) is 0 Å². The molecule has 1 unspecified atom stereocenters. The van der Waals surface area contributed by atoms with Crippen LogP contribution in [0.15, 0.2) is 4.79 Å². The molecule has 1 aromatic heterocycles. The summed E-state index contributed by atoms with van der Waals surface area (Å²) in [5, 5.41) is 11.0. The molecule has 18 heavy (non-hydrogen) atoms. The normalized spacial score (nSPS) is 11.9. The van der Waals surface area contributed by atoms with Gasteiger partial charge in [0.15, 0.2) is 5.69 Å². The molecule has 0 aliphatic rings. The third-order valence-electron chi connectivity index (χ3n) is 2.22. The van der Waals surface area contributed by atoms with Crippen molar-refractivity contribution in [3.63, 3.8) is 0 Å². The third-order valence-corrected chi connectivity index (χ3v) is 2.57. The van der Waals surface area contributed by atoms with Crippen LogP contribution in [0.25, 0.3) is 0 Å². The van der Waals surface area contributed by atoms with E-state index in [2.05, 4.69) is 5.10 Å². The Kier molecular flexibility index (Phi) is 4.98. The lowest BCUT2D eigenvalue weighted by Gasteiger charge is -2.03. The van der Waals surface area contributed by atoms with Crippen LogP contribution in [-0.4, -0.2) is 22.4 Å². The van der Waals surface area contributed by atoms with Crippen LogP contribution < -0.4 is 5.56 Å². The van der Waals surface area contributed by atoms with Gasteiger partial charge in [-0.3, -0.25) is 9.89 Å². The van der Waals surface area contributed by atoms with E-state index in [0.29, 0.717) is 6.42 Å². The minimum atomic E-state index is -0.665. The lowest BCUT2D eigenvalue weighted by molar-refractivity contribution is 0.0497. The van der Waals surface area contributed by atoms with Gasteiger partial charge in [-0.25, -0.2) is 9.48 Å². The SMILES string of the molecule is CCCOC(=O)c1[nH]n(CC(C)C#N)c(=O)c1Cl. The Morgan fingerprint density at radius 2 is 2.33 bits per heavy atom. The fourth-order valence-corrected chi connectivity index (χ4v) is 1.53. The van der Waals surface area contributed by atoms with Crippen molar-refractivity contribution in [1.29, 1.82) is 5.26 Å². The predicted octanol–water partition coefficient (Wildman–Crippen LogP) is 1.56. The van der Waals surface area contributed by atoms with Crippen LogP contribution in [0, 0.1) is 17.2 Å². The molecule has 0 spiro atoms. The van der Waals surface area contributed by atoms with Gasteiger partial charge < -0.3 is 4.74 Å². The molecule has 7 heteroatoms. The molecule has 0 aliphatic heterocycles. The summed E-state index contributed by atoms with van der Waals surface area (Å²) < 4.78 is 6.02. The van der Waals surface area contributed by atoms with Gasteiger partial charge >= 0.3 is 5.97 Å². The summed E-state index contributed by atoms with van der Waals surface area (Å²) in [6, 6.07) is 1.99. The van der Waals surface area contributed by atoms with Crippen molar-refractivity contribution >= 4 is 17.6 Å². The zero-order valence-corrected chi connectivity index (χ0v) is 11.0. The van der Waals surface area contributed by atoms with Gasteiger partial charge in [0.05, 0.1) is 25.1 Å². The summed E-state index contributed by atoms with van der Waals surface area (Å²) in [5.41, 5.74) is -0.595. The molecule has 1 N–H and O–H groups in total. The number of nitrogens with zero attached hydrogens (tertiary/aromatic N) is 2. The van der Waals surface area contributed by atoms with E-state index in [-0.39, 0.29) is 29.8 Å². The number of carbonyl (C=O) groups excluding carboxylic acids is 1. The highest BCUT2D eigenvalue weighted by Gasteiger charge is 2.20. The first-order chi connectivity index (χ1) is 8.51. The number of nitrogens with one attached hydrogen (secondary N) is 1. The molecule has 1 heterocycles. The van der Waals surface area contributed by atoms with Crippen molar-refractivity contribution in [2.24, 2.45) is 5.92 Å². The van der Waals surface area contributed by atoms with Gasteiger partial charge in [-0.2, -0.15) is 5.26 Å². The van der Waals surface area contributed by atoms with E-state index in [9.17, 15) is 9.59 Å². The number of ether oxygens (including phenoxy) is 1. The molecule has 1 atom stereocenters. The number of nitriles is 1. The quantitative estimate of drug-likeness (QED) is 0.823. The average Bonchev–Trinajstić information content (AvgIpc) is 2.64. The molecular formula is C11H14ClN3O3. The van der Waals surface area contributed by atoms with Crippen LogP contribution in [0.5, 0.6) is 0 Å². The molecule has 1 rings (SSSR count). The number of H-pyrrole nitrogens is 1. The maximum absolute atomic E-state index is 11.7. The molecule has 98 valence electrons. The van der Waals surface area contributed by atoms with Gasteiger partial charge in [0.2, 0.25) is 0 Å². The Hall–Kier alpha value is -1.74. The van der Waals surface area contributed by atoms with E-state index >= 15 is 0 Å². The van der Waals surface area contributed by atoms with Crippen molar-refractivity contribution in [2.75, 3.05) is 6.61 Å². The molecule has 6 nitrogen and oxygen atoms in total. The van der Waals surface area contributed by atoms with Gasteiger partial charge in [-0.15, -0.1) is 0 Å². The number of aromatic amines is 1. The first kappa shape index (κ1) is 14.3. The van der Waals surface area contributed by atoms with Crippen molar-refractivity contribution < 1.29 is 9.53 Å². The van der Waals surface area contributed by atoms with Crippen molar-refractivity contribution in [3.05, 3.63) is 21.1 Å². The summed E-state index contributed by atoms with van der Waals surface area (Å²) in [5.74, 6) is -1.03. The first-order valence-electron chi connectivity index (χ1n) is 5.56. The lowest BCUT2D eigenvalue weighted by atomic mass is 10.2. The Balaban J connectivity index is 2.96. The maximum Gasteiger partial charge on any atom is 0.358 e. The van der Waals surface area contributed by atoms with Crippen LogP contribution in [0.2, 0.25) is 5.02 Å². The van der Waals surface area contributed by atoms with Gasteiger partial charge in [0.25, 0.3) is 5.56 Å². The number of rotatable bonds is 5. The first-order valence-corrected chi connectivity index (χ1v) is 5.94. The fraction of sp³-hybridized carbons (Fsp3) is 0.545. The van der Waals surface area contributed by atoms with E-state index < -0.39 is 11.5 Å². The monoisotopic (exact) mass is 271 g/mol. The topological polar surface area (TPSA) is 87.9 Å². The van der Waals surface area contributed by atoms with Crippen LogP contribution >= 0.6 is 11.6 Å². The molecule has 0 fully saturated rings. The second kappa shape index (κ2) is 6.26. The van der Waals surface area contributed by atoms with Crippen LogP contribution in [0.4, 0.5) is 0 Å². The molecule has 0 saturated heterocycles. The van der Waals surface area contributed by atoms with Gasteiger partial charge in [-0.1, -0.05) is 18.5 Å². The summed E-state index contributed by atoms with van der Waals surface area (Å²) in [7, 11) is 0. The maximum atomic E-state index is 11.7. The van der Waals surface area contributed by atoms with Gasteiger partial charge in [-0.05, 0) is 13.3 Å². The molecule has 0 radical (unpaired) electrons. The Morgan fingerprint density at radius 1 is 1.67 bits per heavy atom. The Bertz CT molecular complexity index is 527. The lowest BCUT2D eigenvalue weighted by Crippen LogP contribution is -2.20. The Labute approximate surface area is 109 Å². The smallest absolute Gasteiger partial charge is 0.358 e. The van der Waals surface area contributed by atoms with E-state index in [1.807, 2.05) is 13.0 Å². The fourth-order valence-electron chi connectivity index (χ4n) is 1.31. The van der Waals surface area contributed by atoms with E-state index in [1.54, 1.807) is 6.92 Å². The zero-order chi connectivity index (χ0) is 13.7. The van der Waals surface area contributed by atoms with Crippen LogP contribution in [0.1, 0.15) is 30.8 Å². The number of aromatic nitrogens is 2. The predicted molar refractivity (Wildman–Crippen MR) is 65.4 cm³/mol. The summed E-state index contributed by atoms with van der Waals surface area (Å²) in [6.45, 7) is 3.93. The average molecular weight is 272 g/mol. The highest BCUT2D eigenvalue weighted by Crippen LogP contribution is 2.11. The molecule has 1 aromatic rings. The van der Waals surface area contributed by atoms with Crippen molar-refractivity contribution in [2.45, 2.75) is 26.8 Å². The number of hydrogen-bond acceptors (Lipinski definition) is 4. The molecule has 0 saturated carbocycles. The van der Waals surface area contributed by atoms with E-state index in [0.717, 1.165) is 4.68 Å². The minimum absolute atomic E-state index is 0.0692. The summed E-state index contributed by atoms with van der Waals surface area (Å²) in [6.07, 6.45) is 0.680. The summed E-state index contributed by atoms with van der Waals surface area (Å²) in [4.78, 5) is 23.3. The second-order valence-electron chi connectivity index (χ2n) is 3.88. The highest BCUT2D eigenvalue weighted by atomic mass is 35.5. The zero-order valence-electron chi connectivity index (χ0n) is 10.2. The third kappa shape index (κ3) is 3.14. The molecule has 0 amide bonds. The standard InChI is InChI=1S/C11H14ClN3O3/c1-3-4-18-11(17)9-8(12)10(16)15(14-9)6-7(2)5-13/h7,14H,3-4,6H2,1-2H3. The number of hydrogen-bond donors (Lipinski definition) is 1. The molecular weight excluding hydrogens is 258 g/mol. The number of esters is 1. The minimum Gasteiger partial charge on any atom is -0.461 e. The molecule has 0 aliphatic carbocycles. The number of carbonyl (C=O) groups is 1. The van der Waals surface area contributed by atoms with Crippen LogP contribution in [-0.2, 0) is 11.3 Å². The largest absolute Gasteiger partial charge is 0.461 e. The highest BCUT2D eigenvalue weighted by molar-refractivity contribution is 6.33. The Morgan fingerprint density at radius 3 is 2.89 bits per heavy atom. The summed E-state index contributed by atoms with van der Waals surface area (Å²) >= 11 is 5.77. The molecule has 0 bridgehead atoms. The van der Waals surface area contributed by atoms with E-state index in [4.69, 9.17) is 21.6 Å². The van der Waals surface area contributed by atoms with Crippen molar-refractivity contribution in [1.82, 2.24) is 9.78 Å². The second-order valence-corrected chi connectivity index (χ2v) is 4.26. The van der Waals surface area contributed by atoms with Crippen LogP contribution in [0.3, 0.4) is 0 Å². The number of halogens is 1. The van der Waals surface area contributed by atoms with Gasteiger partial charge in [0.1, 0.15) is 5.02 Å². The van der Waals surface area contributed by atoms with Crippen molar-refractivity contribution in [3.8, 4) is 6.07 Å². The molecule has 0 aromatic carbocycles.